The van der Waals surface area contributed by atoms with Gasteiger partial charge in [-0.15, -0.1) is 0 Å². The molecule has 0 spiro atoms. The number of hydrazine groups is 1. The quantitative estimate of drug-likeness (QED) is 0.531. The van der Waals surface area contributed by atoms with E-state index in [2.05, 4.69) is 16.2 Å². The Kier molecular flexibility index (Phi) is 3.59. The van der Waals surface area contributed by atoms with Crippen LogP contribution in [0.2, 0.25) is 5.02 Å². The van der Waals surface area contributed by atoms with Gasteiger partial charge in [-0.25, -0.2) is 5.43 Å². The van der Waals surface area contributed by atoms with Crippen molar-refractivity contribution in [3.8, 4) is 0 Å². The van der Waals surface area contributed by atoms with Crippen LogP contribution in [0, 0.1) is 0 Å². The molecule has 1 aliphatic heterocycles. The molecule has 1 saturated heterocycles. The Morgan fingerprint density at radius 2 is 1.94 bits per heavy atom. The van der Waals surface area contributed by atoms with Crippen LogP contribution in [-0.2, 0) is 9.59 Å². The number of halogens is 1. The zero-order valence-corrected chi connectivity index (χ0v) is 9.95. The highest BCUT2D eigenvalue weighted by Gasteiger charge is 2.30. The van der Waals surface area contributed by atoms with E-state index in [1.54, 1.807) is 24.3 Å². The molecular formula is C11H10ClN3O3. The van der Waals surface area contributed by atoms with Gasteiger partial charge in [0.2, 0.25) is 11.8 Å². The molecule has 0 saturated carbocycles. The molecule has 0 aromatic heterocycles. The molecule has 0 bridgehead atoms. The number of carbonyl (C=O) groups is 3. The van der Waals surface area contributed by atoms with Crippen molar-refractivity contribution in [3.63, 3.8) is 0 Å². The highest BCUT2D eigenvalue weighted by atomic mass is 35.5. The Hall–Kier alpha value is -1.92. The molecule has 0 radical (unpaired) electrons. The summed E-state index contributed by atoms with van der Waals surface area (Å²) in [6, 6.07) is 5.55. The van der Waals surface area contributed by atoms with Crippen LogP contribution in [0.4, 0.5) is 0 Å². The fourth-order valence-corrected chi connectivity index (χ4v) is 1.62. The predicted octanol–water partition coefficient (Wildman–Crippen LogP) is -0.0105. The van der Waals surface area contributed by atoms with Crippen molar-refractivity contribution >= 4 is 29.3 Å². The molecule has 6 nitrogen and oxygen atoms in total. The van der Waals surface area contributed by atoms with Crippen LogP contribution < -0.4 is 16.2 Å². The summed E-state index contributed by atoms with van der Waals surface area (Å²) in [5.74, 6) is -1.21. The topological polar surface area (TPSA) is 87.3 Å². The van der Waals surface area contributed by atoms with E-state index < -0.39 is 17.9 Å². The molecule has 1 heterocycles. The summed E-state index contributed by atoms with van der Waals surface area (Å²) in [6.07, 6.45) is 0.0136. The number of hydrogen-bond donors (Lipinski definition) is 3. The van der Waals surface area contributed by atoms with Gasteiger partial charge in [-0.3, -0.25) is 25.1 Å². The molecule has 2 rings (SSSR count). The Morgan fingerprint density at radius 1 is 1.28 bits per heavy atom. The van der Waals surface area contributed by atoms with Crippen LogP contribution in [0.3, 0.4) is 0 Å². The van der Waals surface area contributed by atoms with Gasteiger partial charge in [0.15, 0.2) is 0 Å². The molecule has 3 N–H and O–H groups in total. The number of imide groups is 1. The minimum absolute atomic E-state index is 0.0136. The first-order valence-electron chi connectivity index (χ1n) is 5.21. The van der Waals surface area contributed by atoms with Crippen molar-refractivity contribution < 1.29 is 14.4 Å². The van der Waals surface area contributed by atoms with Gasteiger partial charge >= 0.3 is 0 Å². The first-order chi connectivity index (χ1) is 8.56. The van der Waals surface area contributed by atoms with Crippen molar-refractivity contribution in [3.05, 3.63) is 34.9 Å². The second-order valence-electron chi connectivity index (χ2n) is 3.77. The number of rotatable bonds is 3. The van der Waals surface area contributed by atoms with E-state index in [9.17, 15) is 14.4 Å². The maximum atomic E-state index is 11.7. The molecule has 18 heavy (non-hydrogen) atoms. The van der Waals surface area contributed by atoms with Crippen molar-refractivity contribution in [1.82, 2.24) is 16.2 Å². The number of carbonyl (C=O) groups excluding carboxylic acids is 3. The van der Waals surface area contributed by atoms with Crippen LogP contribution in [0.25, 0.3) is 0 Å². The smallest absolute Gasteiger partial charge is 0.265 e. The van der Waals surface area contributed by atoms with Gasteiger partial charge in [-0.2, -0.15) is 0 Å². The summed E-state index contributed by atoms with van der Waals surface area (Å²) in [5.41, 5.74) is 5.28. The standard InChI is InChI=1S/C11H10ClN3O3/c12-7-3-1-6(2-4-7)10(17)15-14-8-5-9(16)13-11(8)18/h1-4,8,14H,5H2,(H,15,17)(H,13,16,18)/t8-/m0/s1. The molecule has 1 aromatic carbocycles. The Bertz CT molecular complexity index is 501. The number of benzene rings is 1. The van der Waals surface area contributed by atoms with Crippen LogP contribution in [0.5, 0.6) is 0 Å². The summed E-state index contributed by atoms with van der Waals surface area (Å²) in [7, 11) is 0. The second kappa shape index (κ2) is 5.16. The number of hydrogen-bond acceptors (Lipinski definition) is 4. The lowest BCUT2D eigenvalue weighted by atomic mass is 10.2. The van der Waals surface area contributed by atoms with Gasteiger partial charge in [-0.1, -0.05) is 11.6 Å². The van der Waals surface area contributed by atoms with E-state index in [0.717, 1.165) is 0 Å². The summed E-state index contributed by atoms with van der Waals surface area (Å²) in [6.45, 7) is 0. The first-order valence-corrected chi connectivity index (χ1v) is 5.59. The van der Waals surface area contributed by atoms with E-state index in [1.165, 1.54) is 0 Å². The Morgan fingerprint density at radius 3 is 2.50 bits per heavy atom. The van der Waals surface area contributed by atoms with Gasteiger partial charge in [0.25, 0.3) is 5.91 Å². The number of nitrogens with one attached hydrogen (secondary N) is 3. The van der Waals surface area contributed by atoms with Crippen LogP contribution in [0.15, 0.2) is 24.3 Å². The van der Waals surface area contributed by atoms with Crippen molar-refractivity contribution in [2.24, 2.45) is 0 Å². The third-order valence-electron chi connectivity index (χ3n) is 2.43. The molecule has 1 aliphatic rings. The lowest BCUT2D eigenvalue weighted by Crippen LogP contribution is -2.47. The molecule has 1 atom stereocenters. The summed E-state index contributed by atoms with van der Waals surface area (Å²) in [5, 5.41) is 2.66. The minimum atomic E-state index is -0.728. The van der Waals surface area contributed by atoms with Crippen LogP contribution in [-0.4, -0.2) is 23.8 Å². The van der Waals surface area contributed by atoms with Crippen LogP contribution >= 0.6 is 11.6 Å². The molecule has 94 valence electrons. The van der Waals surface area contributed by atoms with Crippen molar-refractivity contribution in [1.29, 1.82) is 0 Å². The molecule has 1 aromatic rings. The molecular weight excluding hydrogens is 258 g/mol. The zero-order chi connectivity index (χ0) is 13.1. The summed E-state index contributed by atoms with van der Waals surface area (Å²) in [4.78, 5) is 33.8. The lowest BCUT2D eigenvalue weighted by Gasteiger charge is -2.10. The van der Waals surface area contributed by atoms with Crippen molar-refractivity contribution in [2.45, 2.75) is 12.5 Å². The first kappa shape index (κ1) is 12.5. The normalized spacial score (nSPS) is 18.6. The highest BCUT2D eigenvalue weighted by Crippen LogP contribution is 2.09. The van der Waals surface area contributed by atoms with Gasteiger partial charge < -0.3 is 0 Å². The predicted molar refractivity (Wildman–Crippen MR) is 63.6 cm³/mol. The SMILES string of the molecule is O=C1C[C@H](NNC(=O)c2ccc(Cl)cc2)C(=O)N1. The van der Waals surface area contributed by atoms with Gasteiger partial charge in [0.05, 0.1) is 6.42 Å². The van der Waals surface area contributed by atoms with E-state index in [1.807, 2.05) is 0 Å². The zero-order valence-electron chi connectivity index (χ0n) is 9.20. The average Bonchev–Trinajstić information content (AvgIpc) is 2.66. The second-order valence-corrected chi connectivity index (χ2v) is 4.21. The Labute approximate surface area is 108 Å². The van der Waals surface area contributed by atoms with Crippen LogP contribution in [0.1, 0.15) is 16.8 Å². The molecule has 0 unspecified atom stereocenters. The third-order valence-corrected chi connectivity index (χ3v) is 2.69. The minimum Gasteiger partial charge on any atom is -0.295 e. The van der Waals surface area contributed by atoms with E-state index in [0.29, 0.717) is 10.6 Å². The van der Waals surface area contributed by atoms with Gasteiger partial charge in [-0.05, 0) is 24.3 Å². The Balaban J connectivity index is 1.90. The van der Waals surface area contributed by atoms with E-state index in [4.69, 9.17) is 11.6 Å². The largest absolute Gasteiger partial charge is 0.295 e. The molecule has 0 aliphatic carbocycles. The fourth-order valence-electron chi connectivity index (χ4n) is 1.50. The summed E-state index contributed by atoms with van der Waals surface area (Å²) >= 11 is 5.69. The monoisotopic (exact) mass is 267 g/mol. The molecule has 3 amide bonds. The van der Waals surface area contributed by atoms with E-state index in [-0.39, 0.29) is 12.3 Å². The van der Waals surface area contributed by atoms with Gasteiger partial charge in [0.1, 0.15) is 6.04 Å². The highest BCUT2D eigenvalue weighted by molar-refractivity contribution is 6.30. The maximum Gasteiger partial charge on any atom is 0.265 e. The van der Waals surface area contributed by atoms with E-state index >= 15 is 0 Å². The number of amides is 3. The summed E-state index contributed by atoms with van der Waals surface area (Å²) < 4.78 is 0. The fraction of sp³-hybridized carbons (Fsp3) is 0.182. The molecule has 1 fully saturated rings. The average molecular weight is 268 g/mol. The molecule has 7 heteroatoms. The van der Waals surface area contributed by atoms with Gasteiger partial charge in [0, 0.05) is 10.6 Å². The third kappa shape index (κ3) is 2.85. The lowest BCUT2D eigenvalue weighted by molar-refractivity contribution is -0.125. The van der Waals surface area contributed by atoms with Crippen molar-refractivity contribution in [2.75, 3.05) is 0 Å². The maximum absolute atomic E-state index is 11.7.